The highest BCUT2D eigenvalue weighted by Gasteiger charge is 2.25. The molecule has 10 heteroatoms. The smallest absolute Gasteiger partial charge is 0.270 e. The van der Waals surface area contributed by atoms with Gasteiger partial charge in [-0.1, -0.05) is 36.4 Å². The number of hydrogen-bond donors (Lipinski definition) is 3. The van der Waals surface area contributed by atoms with Crippen LogP contribution in [-0.4, -0.2) is 78.0 Å². The number of rotatable bonds is 8. The molecule has 0 aliphatic carbocycles. The molecule has 0 bridgehead atoms. The highest BCUT2D eigenvalue weighted by atomic mass is 16.5. The third kappa shape index (κ3) is 5.54. The van der Waals surface area contributed by atoms with Crippen LogP contribution in [0.2, 0.25) is 0 Å². The van der Waals surface area contributed by atoms with Gasteiger partial charge in [0.2, 0.25) is 5.91 Å². The standard InChI is InChI=1S/C28H31N7O3/c1-19(36)29-11-12-30-26-23-18-24(31-27(23)33-25(32-26)20-7-4-3-5-8-20)28(37)35-15-13-34(14-16-35)21-9-6-10-22(17-21)38-2/h3-10,17-18H,11-16H2,1-2H3,(H,29,36)(H2,30,31,32,33). The van der Waals surface area contributed by atoms with Crippen molar-refractivity contribution in [3.05, 3.63) is 66.4 Å². The number of amides is 2. The van der Waals surface area contributed by atoms with Crippen molar-refractivity contribution in [2.24, 2.45) is 0 Å². The molecule has 1 aliphatic rings. The number of H-pyrrole nitrogens is 1. The highest BCUT2D eigenvalue weighted by molar-refractivity contribution is 6.00. The van der Waals surface area contributed by atoms with Gasteiger partial charge in [-0.3, -0.25) is 9.59 Å². The lowest BCUT2D eigenvalue weighted by Gasteiger charge is -2.36. The molecule has 0 radical (unpaired) electrons. The zero-order valence-electron chi connectivity index (χ0n) is 21.5. The maximum absolute atomic E-state index is 13.5. The van der Waals surface area contributed by atoms with Gasteiger partial charge in [0, 0.05) is 63.5 Å². The van der Waals surface area contributed by atoms with Gasteiger partial charge in [0.05, 0.1) is 12.5 Å². The topological polar surface area (TPSA) is 115 Å². The number of anilines is 2. The number of methoxy groups -OCH3 is 1. The number of fused-ring (bicyclic) bond motifs is 1. The Morgan fingerprint density at radius 1 is 0.974 bits per heavy atom. The Morgan fingerprint density at radius 2 is 1.76 bits per heavy atom. The van der Waals surface area contributed by atoms with Crippen LogP contribution in [0.4, 0.5) is 11.5 Å². The summed E-state index contributed by atoms with van der Waals surface area (Å²) < 4.78 is 5.35. The number of carbonyl (C=O) groups is 2. The second kappa shape index (κ2) is 11.2. The number of ether oxygens (including phenoxy) is 1. The van der Waals surface area contributed by atoms with E-state index in [0.29, 0.717) is 49.2 Å². The summed E-state index contributed by atoms with van der Waals surface area (Å²) >= 11 is 0. The summed E-state index contributed by atoms with van der Waals surface area (Å²) in [6.07, 6.45) is 0. The summed E-state index contributed by atoms with van der Waals surface area (Å²) in [5, 5.41) is 6.79. The Balaban J connectivity index is 1.35. The number of hydrogen-bond acceptors (Lipinski definition) is 7. The average Bonchev–Trinajstić information content (AvgIpc) is 3.40. The van der Waals surface area contributed by atoms with E-state index in [-0.39, 0.29) is 11.8 Å². The second-order valence-corrected chi connectivity index (χ2v) is 9.10. The fourth-order valence-corrected chi connectivity index (χ4v) is 4.54. The molecular formula is C28H31N7O3. The molecule has 5 rings (SSSR count). The minimum Gasteiger partial charge on any atom is -0.497 e. The molecule has 3 heterocycles. The molecule has 2 aromatic carbocycles. The summed E-state index contributed by atoms with van der Waals surface area (Å²) in [5.74, 6) is 1.81. The first-order valence-electron chi connectivity index (χ1n) is 12.6. The molecule has 196 valence electrons. The minimum absolute atomic E-state index is 0.0706. The van der Waals surface area contributed by atoms with E-state index in [4.69, 9.17) is 14.7 Å². The molecule has 1 saturated heterocycles. The number of aromatic nitrogens is 3. The van der Waals surface area contributed by atoms with Crippen LogP contribution < -0.4 is 20.3 Å². The number of benzene rings is 2. The minimum atomic E-state index is -0.0920. The zero-order valence-corrected chi connectivity index (χ0v) is 21.5. The van der Waals surface area contributed by atoms with Crippen molar-refractivity contribution < 1.29 is 14.3 Å². The maximum atomic E-state index is 13.5. The van der Waals surface area contributed by atoms with E-state index in [0.717, 1.165) is 35.5 Å². The Kier molecular flexibility index (Phi) is 7.39. The van der Waals surface area contributed by atoms with Crippen molar-refractivity contribution >= 4 is 34.4 Å². The van der Waals surface area contributed by atoms with E-state index in [1.54, 1.807) is 7.11 Å². The molecule has 1 aliphatic heterocycles. The lowest BCUT2D eigenvalue weighted by molar-refractivity contribution is -0.118. The quantitative estimate of drug-likeness (QED) is 0.310. The maximum Gasteiger partial charge on any atom is 0.270 e. The van der Waals surface area contributed by atoms with Crippen LogP contribution in [0.15, 0.2) is 60.7 Å². The van der Waals surface area contributed by atoms with Crippen LogP contribution in [0.25, 0.3) is 22.4 Å². The zero-order chi connectivity index (χ0) is 26.5. The third-order valence-electron chi connectivity index (χ3n) is 6.53. The van der Waals surface area contributed by atoms with Crippen LogP contribution >= 0.6 is 0 Å². The van der Waals surface area contributed by atoms with Gasteiger partial charge in [-0.05, 0) is 18.2 Å². The molecular weight excluding hydrogens is 482 g/mol. The van der Waals surface area contributed by atoms with E-state index in [1.807, 2.05) is 59.5 Å². The molecule has 1 fully saturated rings. The molecule has 10 nitrogen and oxygen atoms in total. The first-order valence-corrected chi connectivity index (χ1v) is 12.6. The molecule has 0 atom stereocenters. The number of aromatic amines is 1. The van der Waals surface area contributed by atoms with Gasteiger partial charge in [-0.2, -0.15) is 0 Å². The van der Waals surface area contributed by atoms with E-state index in [9.17, 15) is 9.59 Å². The van der Waals surface area contributed by atoms with Crippen molar-refractivity contribution in [2.45, 2.75) is 6.92 Å². The molecule has 0 saturated carbocycles. The van der Waals surface area contributed by atoms with Gasteiger partial charge in [0.25, 0.3) is 5.91 Å². The van der Waals surface area contributed by atoms with Gasteiger partial charge in [0.15, 0.2) is 5.82 Å². The van der Waals surface area contributed by atoms with E-state index in [2.05, 4.69) is 26.6 Å². The Morgan fingerprint density at radius 3 is 2.50 bits per heavy atom. The molecule has 4 aromatic rings. The summed E-state index contributed by atoms with van der Waals surface area (Å²) in [6.45, 7) is 5.09. The molecule has 2 aromatic heterocycles. The van der Waals surface area contributed by atoms with E-state index >= 15 is 0 Å². The first-order chi connectivity index (χ1) is 18.5. The normalized spacial score (nSPS) is 13.4. The fourth-order valence-electron chi connectivity index (χ4n) is 4.54. The van der Waals surface area contributed by atoms with Crippen LogP contribution in [0.1, 0.15) is 17.4 Å². The SMILES string of the molecule is COc1cccc(N2CCN(C(=O)c3cc4c(NCCNC(C)=O)nc(-c5ccccc5)nc4[nH]3)CC2)c1. The Labute approximate surface area is 221 Å². The van der Waals surface area contributed by atoms with Crippen molar-refractivity contribution in [1.29, 1.82) is 0 Å². The number of carbonyl (C=O) groups excluding carboxylic acids is 2. The fraction of sp³-hybridized carbons (Fsp3) is 0.286. The molecule has 0 spiro atoms. The largest absolute Gasteiger partial charge is 0.497 e. The predicted octanol–water partition coefficient (Wildman–Crippen LogP) is 3.14. The summed E-state index contributed by atoms with van der Waals surface area (Å²) in [4.78, 5) is 41.5. The molecule has 3 N–H and O–H groups in total. The van der Waals surface area contributed by atoms with Crippen LogP contribution in [0.3, 0.4) is 0 Å². The lowest BCUT2D eigenvalue weighted by atomic mass is 10.2. The number of piperazine rings is 1. The highest BCUT2D eigenvalue weighted by Crippen LogP contribution is 2.27. The second-order valence-electron chi connectivity index (χ2n) is 9.10. The van der Waals surface area contributed by atoms with Crippen molar-refractivity contribution in [3.63, 3.8) is 0 Å². The van der Waals surface area contributed by atoms with Crippen LogP contribution in [0, 0.1) is 0 Å². The lowest BCUT2D eigenvalue weighted by Crippen LogP contribution is -2.48. The van der Waals surface area contributed by atoms with Crippen LogP contribution in [-0.2, 0) is 4.79 Å². The van der Waals surface area contributed by atoms with Crippen molar-refractivity contribution in [1.82, 2.24) is 25.2 Å². The monoisotopic (exact) mass is 513 g/mol. The van der Waals surface area contributed by atoms with Gasteiger partial charge < -0.3 is 30.2 Å². The van der Waals surface area contributed by atoms with Crippen molar-refractivity contribution in [3.8, 4) is 17.1 Å². The Hall–Kier alpha value is -4.60. The summed E-state index contributed by atoms with van der Waals surface area (Å²) in [5.41, 5.74) is 3.01. The summed E-state index contributed by atoms with van der Waals surface area (Å²) in [6, 6.07) is 19.5. The van der Waals surface area contributed by atoms with Gasteiger partial charge in [0.1, 0.15) is 22.9 Å². The van der Waals surface area contributed by atoms with E-state index in [1.165, 1.54) is 6.92 Å². The molecule has 0 unspecified atom stereocenters. The van der Waals surface area contributed by atoms with Gasteiger partial charge in [-0.25, -0.2) is 9.97 Å². The third-order valence-corrected chi connectivity index (χ3v) is 6.53. The molecule has 2 amide bonds. The number of nitrogens with zero attached hydrogens (tertiary/aromatic N) is 4. The van der Waals surface area contributed by atoms with Crippen LogP contribution in [0.5, 0.6) is 5.75 Å². The predicted molar refractivity (Wildman–Crippen MR) is 148 cm³/mol. The van der Waals surface area contributed by atoms with Crippen molar-refractivity contribution in [2.75, 3.05) is 56.6 Å². The Bertz CT molecular complexity index is 1430. The first kappa shape index (κ1) is 25.1. The van der Waals surface area contributed by atoms with Gasteiger partial charge >= 0.3 is 0 Å². The van der Waals surface area contributed by atoms with Gasteiger partial charge in [-0.15, -0.1) is 0 Å². The summed E-state index contributed by atoms with van der Waals surface area (Å²) in [7, 11) is 1.66. The van der Waals surface area contributed by atoms with E-state index < -0.39 is 0 Å². The number of nitrogens with one attached hydrogen (secondary N) is 3. The molecule has 38 heavy (non-hydrogen) atoms. The average molecular weight is 514 g/mol.